The van der Waals surface area contributed by atoms with Crippen molar-refractivity contribution >= 4 is 11.6 Å². The molecule has 0 fully saturated rings. The van der Waals surface area contributed by atoms with Crippen LogP contribution in [0.4, 0.5) is 5.69 Å². The number of amides is 1. The Labute approximate surface area is 175 Å². The van der Waals surface area contributed by atoms with Crippen molar-refractivity contribution in [3.63, 3.8) is 0 Å². The van der Waals surface area contributed by atoms with Crippen LogP contribution in [-0.2, 0) is 13.0 Å². The minimum Gasteiger partial charge on any atom is -0.493 e. The van der Waals surface area contributed by atoms with Crippen LogP contribution in [0.1, 0.15) is 27.2 Å². The Kier molecular flexibility index (Phi) is 6.51. The molecule has 1 amide bonds. The molecule has 0 spiro atoms. The number of anilines is 1. The summed E-state index contributed by atoms with van der Waals surface area (Å²) in [4.78, 5) is 29.9. The second-order valence-corrected chi connectivity index (χ2v) is 6.95. The normalized spacial score (nSPS) is 10.5. The van der Waals surface area contributed by atoms with Gasteiger partial charge in [-0.05, 0) is 61.7 Å². The zero-order valence-corrected chi connectivity index (χ0v) is 17.6. The number of rotatable bonds is 7. The molecule has 0 unspecified atom stereocenters. The lowest BCUT2D eigenvalue weighted by atomic mass is 10.1. The average Bonchev–Trinajstić information content (AvgIpc) is 2.74. The third kappa shape index (κ3) is 4.68. The van der Waals surface area contributed by atoms with Gasteiger partial charge < -0.3 is 19.4 Å². The molecule has 1 N–H and O–H groups in total. The van der Waals surface area contributed by atoms with Gasteiger partial charge in [0.25, 0.3) is 11.5 Å². The van der Waals surface area contributed by atoms with Gasteiger partial charge in [-0.25, -0.2) is 0 Å². The zero-order chi connectivity index (χ0) is 21.7. The summed E-state index contributed by atoms with van der Waals surface area (Å²) in [7, 11) is 3.17. The van der Waals surface area contributed by atoms with Gasteiger partial charge in [-0.1, -0.05) is 6.07 Å². The van der Waals surface area contributed by atoms with Gasteiger partial charge >= 0.3 is 0 Å². The number of methoxy groups -OCH3 is 2. The molecule has 0 atom stereocenters. The van der Waals surface area contributed by atoms with Gasteiger partial charge in [0.15, 0.2) is 11.5 Å². The number of pyridine rings is 2. The Morgan fingerprint density at radius 2 is 1.83 bits per heavy atom. The summed E-state index contributed by atoms with van der Waals surface area (Å²) < 4.78 is 12.1. The first-order chi connectivity index (χ1) is 14.4. The van der Waals surface area contributed by atoms with E-state index in [9.17, 15) is 9.59 Å². The van der Waals surface area contributed by atoms with E-state index >= 15 is 0 Å². The molecule has 3 aromatic rings. The molecule has 0 radical (unpaired) electrons. The molecule has 0 bridgehead atoms. The molecule has 2 heterocycles. The molecule has 1 aromatic carbocycles. The van der Waals surface area contributed by atoms with E-state index in [0.29, 0.717) is 35.7 Å². The smallest absolute Gasteiger partial charge is 0.263 e. The molecule has 2 aromatic heterocycles. The minimum atomic E-state index is -0.441. The van der Waals surface area contributed by atoms with Crippen molar-refractivity contribution in [3.05, 3.63) is 81.5 Å². The van der Waals surface area contributed by atoms with E-state index in [-0.39, 0.29) is 11.1 Å². The number of hydrogen-bond donors (Lipinski definition) is 1. The van der Waals surface area contributed by atoms with E-state index in [1.54, 1.807) is 56.3 Å². The number of ether oxygens (including phenoxy) is 2. The van der Waals surface area contributed by atoms with Crippen molar-refractivity contribution in [2.45, 2.75) is 26.8 Å². The molecular formula is C23H25N3O4. The Morgan fingerprint density at radius 3 is 2.50 bits per heavy atom. The quantitative estimate of drug-likeness (QED) is 0.649. The van der Waals surface area contributed by atoms with Crippen LogP contribution in [0.15, 0.2) is 53.6 Å². The summed E-state index contributed by atoms with van der Waals surface area (Å²) >= 11 is 0. The van der Waals surface area contributed by atoms with E-state index in [4.69, 9.17) is 9.47 Å². The number of hydrogen-bond acceptors (Lipinski definition) is 5. The average molecular weight is 407 g/mol. The molecule has 30 heavy (non-hydrogen) atoms. The highest BCUT2D eigenvalue weighted by molar-refractivity contribution is 6.04. The molecule has 0 aliphatic heterocycles. The van der Waals surface area contributed by atoms with Gasteiger partial charge in [-0.15, -0.1) is 0 Å². The third-order valence-electron chi connectivity index (χ3n) is 4.86. The Morgan fingerprint density at radius 1 is 1.07 bits per heavy atom. The Bertz CT molecular complexity index is 1100. The molecular weight excluding hydrogens is 382 g/mol. The number of aromatic nitrogens is 2. The summed E-state index contributed by atoms with van der Waals surface area (Å²) in [6, 6.07) is 11.0. The van der Waals surface area contributed by atoms with E-state index in [1.807, 2.05) is 25.1 Å². The fraction of sp³-hybridized carbons (Fsp3) is 0.261. The molecule has 3 rings (SSSR count). The number of nitrogens with zero attached hydrogens (tertiary/aromatic N) is 2. The van der Waals surface area contributed by atoms with Gasteiger partial charge in [0.2, 0.25) is 0 Å². The Balaban J connectivity index is 1.79. The molecule has 0 aliphatic rings. The van der Waals surface area contributed by atoms with Gasteiger partial charge in [-0.3, -0.25) is 14.6 Å². The number of nitrogens with one attached hydrogen (secondary N) is 1. The fourth-order valence-electron chi connectivity index (χ4n) is 3.14. The van der Waals surface area contributed by atoms with E-state index in [1.165, 1.54) is 0 Å². The highest BCUT2D eigenvalue weighted by atomic mass is 16.5. The first kappa shape index (κ1) is 21.1. The van der Waals surface area contributed by atoms with Crippen molar-refractivity contribution in [1.29, 1.82) is 0 Å². The molecule has 0 saturated heterocycles. The van der Waals surface area contributed by atoms with Crippen molar-refractivity contribution in [1.82, 2.24) is 9.55 Å². The maximum absolute atomic E-state index is 13.0. The van der Waals surface area contributed by atoms with Crippen LogP contribution < -0.4 is 20.3 Å². The zero-order valence-electron chi connectivity index (χ0n) is 17.6. The SMILES string of the molecule is COc1ccc(CCn2ccc(C)c(C(=O)Nc3ccc(C)nc3)c2=O)cc1OC. The van der Waals surface area contributed by atoms with E-state index in [2.05, 4.69) is 10.3 Å². The summed E-state index contributed by atoms with van der Waals surface area (Å²) in [6.07, 6.45) is 3.88. The van der Waals surface area contributed by atoms with Crippen LogP contribution in [0.2, 0.25) is 0 Å². The van der Waals surface area contributed by atoms with Crippen LogP contribution in [0.3, 0.4) is 0 Å². The van der Waals surface area contributed by atoms with Gasteiger partial charge in [0.05, 0.1) is 26.1 Å². The molecule has 0 aliphatic carbocycles. The Hall–Kier alpha value is -3.61. The maximum Gasteiger partial charge on any atom is 0.263 e. The van der Waals surface area contributed by atoms with Crippen LogP contribution >= 0.6 is 0 Å². The standard InChI is InChI=1S/C23H25N3O4/c1-15-9-11-26(12-10-17-6-8-19(29-3)20(13-17)30-4)23(28)21(15)22(27)25-18-7-5-16(2)24-14-18/h5-9,11,13-14H,10,12H2,1-4H3,(H,25,27). The fourth-order valence-corrected chi connectivity index (χ4v) is 3.14. The second-order valence-electron chi connectivity index (χ2n) is 6.95. The summed E-state index contributed by atoms with van der Waals surface area (Å²) in [5.41, 5.74) is 2.82. The first-order valence-electron chi connectivity index (χ1n) is 9.58. The first-order valence-corrected chi connectivity index (χ1v) is 9.58. The topological polar surface area (TPSA) is 82.5 Å². The summed E-state index contributed by atoms with van der Waals surface area (Å²) in [5, 5.41) is 2.75. The van der Waals surface area contributed by atoms with Crippen molar-refractivity contribution in [2.75, 3.05) is 19.5 Å². The lowest BCUT2D eigenvalue weighted by Crippen LogP contribution is -2.30. The number of carbonyl (C=O) groups is 1. The maximum atomic E-state index is 13.0. The van der Waals surface area contributed by atoms with E-state index in [0.717, 1.165) is 11.3 Å². The van der Waals surface area contributed by atoms with Crippen molar-refractivity contribution in [3.8, 4) is 11.5 Å². The number of carbonyl (C=O) groups excluding carboxylic acids is 1. The third-order valence-corrected chi connectivity index (χ3v) is 4.86. The van der Waals surface area contributed by atoms with Gasteiger partial charge in [0.1, 0.15) is 5.56 Å². The second kappa shape index (κ2) is 9.26. The highest BCUT2D eigenvalue weighted by Crippen LogP contribution is 2.27. The predicted octanol–water partition coefficient (Wildman–Crippen LogP) is 3.37. The van der Waals surface area contributed by atoms with Crippen molar-refractivity contribution < 1.29 is 14.3 Å². The summed E-state index contributed by atoms with van der Waals surface area (Å²) in [5.74, 6) is 0.847. The summed E-state index contributed by atoms with van der Waals surface area (Å²) in [6.45, 7) is 4.05. The minimum absolute atomic E-state index is 0.130. The monoisotopic (exact) mass is 407 g/mol. The lowest BCUT2D eigenvalue weighted by molar-refractivity contribution is 0.102. The molecule has 0 saturated carbocycles. The lowest BCUT2D eigenvalue weighted by Gasteiger charge is -2.12. The molecule has 7 nitrogen and oxygen atoms in total. The van der Waals surface area contributed by atoms with Gasteiger partial charge in [-0.2, -0.15) is 0 Å². The van der Waals surface area contributed by atoms with E-state index < -0.39 is 5.91 Å². The predicted molar refractivity (Wildman–Crippen MR) is 116 cm³/mol. The molecule has 7 heteroatoms. The van der Waals surface area contributed by atoms with Crippen LogP contribution in [-0.4, -0.2) is 29.7 Å². The van der Waals surface area contributed by atoms with Crippen molar-refractivity contribution in [2.24, 2.45) is 0 Å². The number of aryl methyl sites for hydroxylation is 4. The largest absolute Gasteiger partial charge is 0.493 e. The molecule has 156 valence electrons. The van der Waals surface area contributed by atoms with Gasteiger partial charge in [0, 0.05) is 18.4 Å². The van der Waals surface area contributed by atoms with Crippen LogP contribution in [0, 0.1) is 13.8 Å². The van der Waals surface area contributed by atoms with Crippen LogP contribution in [0.25, 0.3) is 0 Å². The number of benzene rings is 1. The highest BCUT2D eigenvalue weighted by Gasteiger charge is 2.16. The van der Waals surface area contributed by atoms with Crippen LogP contribution in [0.5, 0.6) is 11.5 Å².